The Kier molecular flexibility index (Phi) is 5.75. The van der Waals surface area contributed by atoms with Crippen molar-refractivity contribution in [1.82, 2.24) is 24.3 Å². The maximum Gasteiger partial charge on any atom is 0.192 e. The molecule has 33 heavy (non-hydrogen) atoms. The van der Waals surface area contributed by atoms with E-state index in [-0.39, 0.29) is 0 Å². The first kappa shape index (κ1) is 21.1. The maximum atomic E-state index is 5.47. The predicted octanol–water partition coefficient (Wildman–Crippen LogP) is 5.67. The molecule has 0 N–H and O–H groups in total. The normalized spacial score (nSPS) is 11.2. The summed E-state index contributed by atoms with van der Waals surface area (Å²) >= 11 is 1.60. The Morgan fingerprint density at radius 3 is 2.64 bits per heavy atom. The van der Waals surface area contributed by atoms with E-state index in [4.69, 9.17) is 14.1 Å². The number of methoxy groups -OCH3 is 1. The molecule has 166 valence electrons. The Bertz CT molecular complexity index is 1410. The summed E-state index contributed by atoms with van der Waals surface area (Å²) in [5.74, 6) is 3.96. The molecule has 0 aliphatic rings. The number of aryl methyl sites for hydroxylation is 1. The van der Waals surface area contributed by atoms with Crippen LogP contribution in [0.1, 0.15) is 11.6 Å². The van der Waals surface area contributed by atoms with Crippen molar-refractivity contribution in [3.63, 3.8) is 0 Å². The number of imidazole rings is 1. The number of benzene rings is 2. The Labute approximate surface area is 195 Å². The Balaban J connectivity index is 1.51. The number of hydrogen-bond donors (Lipinski definition) is 0. The van der Waals surface area contributed by atoms with Gasteiger partial charge in [-0.2, -0.15) is 0 Å². The maximum absolute atomic E-state index is 5.47. The van der Waals surface area contributed by atoms with Gasteiger partial charge in [0, 0.05) is 12.2 Å². The van der Waals surface area contributed by atoms with E-state index in [2.05, 4.69) is 32.0 Å². The highest BCUT2D eigenvalue weighted by Crippen LogP contribution is 2.31. The van der Waals surface area contributed by atoms with Crippen LogP contribution in [-0.2, 0) is 12.3 Å². The second-order valence-corrected chi connectivity index (χ2v) is 8.38. The lowest BCUT2D eigenvalue weighted by Crippen LogP contribution is -2.03. The molecule has 3 heterocycles. The summed E-state index contributed by atoms with van der Waals surface area (Å²) in [5.41, 5.74) is 3.97. The van der Waals surface area contributed by atoms with Crippen molar-refractivity contribution < 1.29 is 9.15 Å². The minimum Gasteiger partial charge on any atom is -0.497 e. The van der Waals surface area contributed by atoms with Gasteiger partial charge in [0.25, 0.3) is 0 Å². The van der Waals surface area contributed by atoms with Gasteiger partial charge in [0.05, 0.1) is 35.7 Å². The van der Waals surface area contributed by atoms with Crippen LogP contribution in [0.2, 0.25) is 0 Å². The van der Waals surface area contributed by atoms with Crippen LogP contribution in [0.4, 0.5) is 0 Å². The minimum atomic E-state index is 0.601. The molecule has 7 nitrogen and oxygen atoms in total. The minimum absolute atomic E-state index is 0.601. The highest BCUT2D eigenvalue weighted by molar-refractivity contribution is 7.98. The first-order valence-corrected chi connectivity index (χ1v) is 11.5. The van der Waals surface area contributed by atoms with Gasteiger partial charge < -0.3 is 9.15 Å². The second kappa shape index (κ2) is 8.99. The highest BCUT2D eigenvalue weighted by atomic mass is 32.2. The molecule has 0 aliphatic heterocycles. The Hall–Kier alpha value is -3.78. The van der Waals surface area contributed by atoms with E-state index in [0.717, 1.165) is 50.6 Å². The quantitative estimate of drug-likeness (QED) is 0.221. The van der Waals surface area contributed by atoms with Gasteiger partial charge in [-0.05, 0) is 49.4 Å². The van der Waals surface area contributed by atoms with E-state index in [9.17, 15) is 0 Å². The summed E-state index contributed by atoms with van der Waals surface area (Å²) in [6.45, 7) is 6.43. The fourth-order valence-electron chi connectivity index (χ4n) is 3.83. The number of para-hydroxylation sites is 2. The molecule has 0 fully saturated rings. The molecule has 0 unspecified atom stereocenters. The average molecular weight is 458 g/mol. The summed E-state index contributed by atoms with van der Waals surface area (Å²) < 4.78 is 15.0. The van der Waals surface area contributed by atoms with Crippen LogP contribution >= 0.6 is 11.8 Å². The van der Waals surface area contributed by atoms with Gasteiger partial charge in [0.1, 0.15) is 17.3 Å². The number of ether oxygens (including phenoxy) is 1. The molecule has 3 aromatic heterocycles. The van der Waals surface area contributed by atoms with E-state index in [0.29, 0.717) is 12.3 Å². The smallest absolute Gasteiger partial charge is 0.192 e. The van der Waals surface area contributed by atoms with E-state index in [1.807, 2.05) is 61.5 Å². The Morgan fingerprint density at radius 2 is 1.91 bits per heavy atom. The van der Waals surface area contributed by atoms with E-state index in [1.54, 1.807) is 25.1 Å². The van der Waals surface area contributed by atoms with Crippen LogP contribution in [0.15, 0.2) is 83.1 Å². The molecule has 5 rings (SSSR count). The summed E-state index contributed by atoms with van der Waals surface area (Å²) in [7, 11) is 1.67. The Morgan fingerprint density at radius 1 is 1.09 bits per heavy atom. The van der Waals surface area contributed by atoms with Crippen molar-refractivity contribution >= 4 is 22.8 Å². The molecule has 0 aliphatic carbocycles. The molecule has 0 atom stereocenters. The van der Waals surface area contributed by atoms with Crippen molar-refractivity contribution in [1.29, 1.82) is 0 Å². The van der Waals surface area contributed by atoms with Crippen LogP contribution in [0.5, 0.6) is 5.75 Å². The van der Waals surface area contributed by atoms with Crippen LogP contribution < -0.4 is 4.74 Å². The van der Waals surface area contributed by atoms with Crippen LogP contribution in [-0.4, -0.2) is 31.4 Å². The molecular weight excluding hydrogens is 434 g/mol. The lowest BCUT2D eigenvalue weighted by molar-refractivity contribution is 0.414. The zero-order chi connectivity index (χ0) is 22.8. The van der Waals surface area contributed by atoms with Gasteiger partial charge in [0.15, 0.2) is 11.0 Å². The van der Waals surface area contributed by atoms with Gasteiger partial charge in [-0.25, -0.2) is 4.98 Å². The number of allylic oxidation sites excluding steroid dienone is 1. The largest absolute Gasteiger partial charge is 0.497 e. The fraction of sp³-hybridized carbons (Fsp3) is 0.160. The van der Waals surface area contributed by atoms with Crippen LogP contribution in [0.25, 0.3) is 28.1 Å². The zero-order valence-electron chi connectivity index (χ0n) is 18.4. The third-order valence-corrected chi connectivity index (χ3v) is 6.38. The summed E-state index contributed by atoms with van der Waals surface area (Å²) in [6.07, 6.45) is 3.51. The molecule has 5 aromatic rings. The SMILES string of the molecule is C=CCn1c(SCc2nc3ccccc3n2-c2ccc(OC)cc2)nnc1-c1ccoc1C. The van der Waals surface area contributed by atoms with E-state index >= 15 is 0 Å². The molecule has 0 saturated heterocycles. The molecule has 2 aromatic carbocycles. The number of aromatic nitrogens is 5. The van der Waals surface area contributed by atoms with E-state index < -0.39 is 0 Å². The number of hydrogen-bond acceptors (Lipinski definition) is 6. The van der Waals surface area contributed by atoms with Crippen molar-refractivity contribution in [2.75, 3.05) is 7.11 Å². The van der Waals surface area contributed by atoms with Gasteiger partial charge in [-0.1, -0.05) is 30.0 Å². The van der Waals surface area contributed by atoms with Crippen molar-refractivity contribution in [3.8, 4) is 22.8 Å². The molecule has 0 bridgehead atoms. The number of fused-ring (bicyclic) bond motifs is 1. The van der Waals surface area contributed by atoms with Gasteiger partial charge >= 0.3 is 0 Å². The predicted molar refractivity (Wildman–Crippen MR) is 130 cm³/mol. The second-order valence-electron chi connectivity index (χ2n) is 7.43. The van der Waals surface area contributed by atoms with Crippen molar-refractivity contribution in [3.05, 3.63) is 85.1 Å². The van der Waals surface area contributed by atoms with Crippen LogP contribution in [0, 0.1) is 6.92 Å². The number of nitrogens with zero attached hydrogens (tertiary/aromatic N) is 5. The molecule has 8 heteroatoms. The molecule has 0 spiro atoms. The zero-order valence-corrected chi connectivity index (χ0v) is 19.2. The first-order chi connectivity index (χ1) is 16.2. The summed E-state index contributed by atoms with van der Waals surface area (Å²) in [5, 5.41) is 9.70. The molecule has 0 radical (unpaired) electrons. The average Bonchev–Trinajstić information content (AvgIpc) is 3.54. The van der Waals surface area contributed by atoms with Crippen molar-refractivity contribution in [2.45, 2.75) is 24.4 Å². The third kappa shape index (κ3) is 3.93. The summed E-state index contributed by atoms with van der Waals surface area (Å²) in [4.78, 5) is 4.91. The fourth-order valence-corrected chi connectivity index (χ4v) is 4.69. The van der Waals surface area contributed by atoms with Gasteiger partial charge in [0.2, 0.25) is 0 Å². The third-order valence-electron chi connectivity index (χ3n) is 5.42. The molecule has 0 saturated carbocycles. The number of furan rings is 1. The monoisotopic (exact) mass is 457 g/mol. The topological polar surface area (TPSA) is 70.9 Å². The number of thioether (sulfide) groups is 1. The molecular formula is C25H23N5O2S. The van der Waals surface area contributed by atoms with Crippen molar-refractivity contribution in [2.24, 2.45) is 0 Å². The highest BCUT2D eigenvalue weighted by Gasteiger charge is 2.19. The van der Waals surface area contributed by atoms with Gasteiger partial charge in [-0.3, -0.25) is 9.13 Å². The number of rotatable bonds is 8. The standard InChI is InChI=1S/C25H23N5O2S/c1-4-14-29-24(20-13-15-32-17(20)2)27-28-25(29)33-16-23-26-21-7-5-6-8-22(21)30(23)18-9-11-19(31-3)12-10-18/h4-13,15H,1,14,16H2,2-3H3. The lowest BCUT2D eigenvalue weighted by atomic mass is 10.2. The van der Waals surface area contributed by atoms with Crippen LogP contribution in [0.3, 0.4) is 0 Å². The van der Waals surface area contributed by atoms with E-state index in [1.165, 1.54) is 0 Å². The molecule has 0 amide bonds. The summed E-state index contributed by atoms with van der Waals surface area (Å²) in [6, 6.07) is 18.1. The lowest BCUT2D eigenvalue weighted by Gasteiger charge is -2.11. The van der Waals surface area contributed by atoms with Gasteiger partial charge in [-0.15, -0.1) is 16.8 Å². The first-order valence-electron chi connectivity index (χ1n) is 10.5.